The van der Waals surface area contributed by atoms with Crippen LogP contribution < -0.4 is 10.1 Å². The standard InChI is InChI=1S/C25H25NO3/c1-17(2)20-13-8-10-16-23(20)29-18(3)25(28)26-22-15-9-7-14-21(22)24(27)19-11-5-4-6-12-19/h4-18H,1-3H3,(H,26,28)/t18-/m1/s1. The molecular formula is C25H25NO3. The van der Waals surface area contributed by atoms with E-state index in [2.05, 4.69) is 19.2 Å². The Morgan fingerprint density at radius 3 is 2.14 bits per heavy atom. The van der Waals surface area contributed by atoms with Gasteiger partial charge in [0.25, 0.3) is 5.91 Å². The van der Waals surface area contributed by atoms with Crippen molar-refractivity contribution in [3.05, 3.63) is 95.6 Å². The molecule has 0 saturated heterocycles. The van der Waals surface area contributed by atoms with Gasteiger partial charge in [0.15, 0.2) is 11.9 Å². The van der Waals surface area contributed by atoms with Gasteiger partial charge in [-0.25, -0.2) is 0 Å². The Kier molecular flexibility index (Phi) is 6.45. The second-order valence-electron chi connectivity index (χ2n) is 7.18. The van der Waals surface area contributed by atoms with Crippen LogP contribution in [0.4, 0.5) is 5.69 Å². The van der Waals surface area contributed by atoms with Gasteiger partial charge in [-0.2, -0.15) is 0 Å². The maximum Gasteiger partial charge on any atom is 0.265 e. The number of ketones is 1. The summed E-state index contributed by atoms with van der Waals surface area (Å²) < 4.78 is 5.93. The molecule has 1 atom stereocenters. The van der Waals surface area contributed by atoms with Crippen molar-refractivity contribution < 1.29 is 14.3 Å². The Morgan fingerprint density at radius 2 is 1.41 bits per heavy atom. The van der Waals surface area contributed by atoms with E-state index >= 15 is 0 Å². The fourth-order valence-corrected chi connectivity index (χ4v) is 3.08. The number of amides is 1. The van der Waals surface area contributed by atoms with E-state index in [1.165, 1.54) is 0 Å². The van der Waals surface area contributed by atoms with Gasteiger partial charge in [0.1, 0.15) is 5.75 Å². The molecule has 0 bridgehead atoms. The number of ether oxygens (including phenoxy) is 1. The second kappa shape index (κ2) is 9.20. The highest BCUT2D eigenvalue weighted by Gasteiger charge is 2.20. The Morgan fingerprint density at radius 1 is 0.793 bits per heavy atom. The molecule has 3 aromatic rings. The van der Waals surface area contributed by atoms with Crippen molar-refractivity contribution in [3.63, 3.8) is 0 Å². The van der Waals surface area contributed by atoms with Crippen LogP contribution in [0.3, 0.4) is 0 Å². The third-order valence-electron chi connectivity index (χ3n) is 4.68. The summed E-state index contributed by atoms with van der Waals surface area (Å²) in [6.45, 7) is 5.87. The van der Waals surface area contributed by atoms with E-state index < -0.39 is 6.10 Å². The van der Waals surface area contributed by atoms with Crippen molar-refractivity contribution in [2.24, 2.45) is 0 Å². The third kappa shape index (κ3) is 4.91. The minimum atomic E-state index is -0.713. The first kappa shape index (κ1) is 20.3. The summed E-state index contributed by atoms with van der Waals surface area (Å²) in [5.41, 5.74) is 2.54. The summed E-state index contributed by atoms with van der Waals surface area (Å²) in [6, 6.07) is 23.7. The molecule has 3 aromatic carbocycles. The monoisotopic (exact) mass is 387 g/mol. The zero-order valence-electron chi connectivity index (χ0n) is 16.9. The second-order valence-corrected chi connectivity index (χ2v) is 7.18. The summed E-state index contributed by atoms with van der Waals surface area (Å²) in [5.74, 6) is 0.529. The molecule has 0 spiro atoms. The summed E-state index contributed by atoms with van der Waals surface area (Å²) >= 11 is 0. The highest BCUT2D eigenvalue weighted by Crippen LogP contribution is 2.27. The average molecular weight is 387 g/mol. The predicted molar refractivity (Wildman–Crippen MR) is 116 cm³/mol. The number of hydrogen-bond acceptors (Lipinski definition) is 3. The molecule has 29 heavy (non-hydrogen) atoms. The smallest absolute Gasteiger partial charge is 0.265 e. The molecule has 0 aliphatic heterocycles. The molecule has 0 heterocycles. The lowest BCUT2D eigenvalue weighted by atomic mass is 10.0. The van der Waals surface area contributed by atoms with Gasteiger partial charge in [-0.15, -0.1) is 0 Å². The van der Waals surface area contributed by atoms with Gasteiger partial charge in [0.05, 0.1) is 5.69 Å². The number of para-hydroxylation sites is 2. The maximum atomic E-state index is 12.8. The van der Waals surface area contributed by atoms with E-state index in [-0.39, 0.29) is 17.6 Å². The van der Waals surface area contributed by atoms with Crippen LogP contribution in [0, 0.1) is 0 Å². The van der Waals surface area contributed by atoms with Crippen LogP contribution in [-0.2, 0) is 4.79 Å². The number of carbonyl (C=O) groups excluding carboxylic acids is 2. The van der Waals surface area contributed by atoms with E-state index in [1.54, 1.807) is 43.3 Å². The van der Waals surface area contributed by atoms with Crippen LogP contribution in [0.5, 0.6) is 5.75 Å². The van der Waals surface area contributed by atoms with Gasteiger partial charge in [-0.1, -0.05) is 74.5 Å². The van der Waals surface area contributed by atoms with Gasteiger partial charge in [0.2, 0.25) is 0 Å². The molecule has 0 saturated carbocycles. The normalized spacial score (nSPS) is 11.7. The van der Waals surface area contributed by atoms with Crippen molar-refractivity contribution in [1.82, 2.24) is 0 Å². The minimum absolute atomic E-state index is 0.139. The van der Waals surface area contributed by atoms with Crippen LogP contribution in [0.25, 0.3) is 0 Å². The van der Waals surface area contributed by atoms with E-state index in [0.717, 1.165) is 5.56 Å². The number of benzene rings is 3. The molecular weight excluding hydrogens is 362 g/mol. The summed E-state index contributed by atoms with van der Waals surface area (Å²) in [4.78, 5) is 25.6. The van der Waals surface area contributed by atoms with E-state index in [9.17, 15) is 9.59 Å². The quantitative estimate of drug-likeness (QED) is 0.549. The largest absolute Gasteiger partial charge is 0.481 e. The maximum absolute atomic E-state index is 12.8. The fourth-order valence-electron chi connectivity index (χ4n) is 3.08. The number of hydrogen-bond donors (Lipinski definition) is 1. The molecule has 0 radical (unpaired) electrons. The molecule has 0 fully saturated rings. The minimum Gasteiger partial charge on any atom is -0.481 e. The Hall–Kier alpha value is -3.40. The van der Waals surface area contributed by atoms with Crippen LogP contribution in [0.1, 0.15) is 48.2 Å². The lowest BCUT2D eigenvalue weighted by molar-refractivity contribution is -0.122. The first-order valence-corrected chi connectivity index (χ1v) is 9.72. The molecule has 3 rings (SSSR count). The number of rotatable bonds is 7. The predicted octanol–water partition coefficient (Wildman–Crippen LogP) is 5.45. The topological polar surface area (TPSA) is 55.4 Å². The number of carbonyl (C=O) groups is 2. The Bertz CT molecular complexity index is 996. The molecule has 148 valence electrons. The van der Waals surface area contributed by atoms with Gasteiger partial charge >= 0.3 is 0 Å². The van der Waals surface area contributed by atoms with E-state index in [0.29, 0.717) is 22.6 Å². The highest BCUT2D eigenvalue weighted by molar-refractivity contribution is 6.14. The number of nitrogens with one attached hydrogen (secondary N) is 1. The zero-order chi connectivity index (χ0) is 20.8. The molecule has 1 amide bonds. The summed E-state index contributed by atoms with van der Waals surface area (Å²) in [6.07, 6.45) is -0.713. The van der Waals surface area contributed by atoms with E-state index in [4.69, 9.17) is 4.74 Å². The van der Waals surface area contributed by atoms with Gasteiger partial charge in [0, 0.05) is 11.1 Å². The van der Waals surface area contributed by atoms with Crippen LogP contribution in [-0.4, -0.2) is 17.8 Å². The van der Waals surface area contributed by atoms with Crippen LogP contribution >= 0.6 is 0 Å². The highest BCUT2D eigenvalue weighted by atomic mass is 16.5. The average Bonchev–Trinajstić information content (AvgIpc) is 2.74. The Labute approximate surface area is 171 Å². The molecule has 1 N–H and O–H groups in total. The lowest BCUT2D eigenvalue weighted by Crippen LogP contribution is -2.31. The van der Waals surface area contributed by atoms with Crippen molar-refractivity contribution >= 4 is 17.4 Å². The van der Waals surface area contributed by atoms with E-state index in [1.807, 2.05) is 42.5 Å². The van der Waals surface area contributed by atoms with Crippen LogP contribution in [0.2, 0.25) is 0 Å². The number of anilines is 1. The van der Waals surface area contributed by atoms with Crippen molar-refractivity contribution in [1.29, 1.82) is 0 Å². The van der Waals surface area contributed by atoms with Crippen LogP contribution in [0.15, 0.2) is 78.9 Å². The first-order valence-electron chi connectivity index (χ1n) is 9.72. The molecule has 0 unspecified atom stereocenters. The lowest BCUT2D eigenvalue weighted by Gasteiger charge is -2.19. The molecule has 0 aliphatic carbocycles. The zero-order valence-corrected chi connectivity index (χ0v) is 16.9. The fraction of sp³-hybridized carbons (Fsp3) is 0.200. The van der Waals surface area contributed by atoms with Crippen molar-refractivity contribution in [2.45, 2.75) is 32.8 Å². The SMILES string of the molecule is CC(C)c1ccccc1O[C@H](C)C(=O)Nc1ccccc1C(=O)c1ccccc1. The van der Waals surface area contributed by atoms with Crippen molar-refractivity contribution in [2.75, 3.05) is 5.32 Å². The van der Waals surface area contributed by atoms with Gasteiger partial charge < -0.3 is 10.1 Å². The molecule has 4 nitrogen and oxygen atoms in total. The molecule has 4 heteroatoms. The van der Waals surface area contributed by atoms with Gasteiger partial charge in [-0.3, -0.25) is 9.59 Å². The molecule has 0 aliphatic rings. The van der Waals surface area contributed by atoms with Gasteiger partial charge in [-0.05, 0) is 36.6 Å². The molecule has 0 aromatic heterocycles. The van der Waals surface area contributed by atoms with Crippen molar-refractivity contribution in [3.8, 4) is 5.75 Å². The first-order chi connectivity index (χ1) is 14.0. The summed E-state index contributed by atoms with van der Waals surface area (Å²) in [7, 11) is 0. The summed E-state index contributed by atoms with van der Waals surface area (Å²) in [5, 5.41) is 2.85. The Balaban J connectivity index is 1.77. The third-order valence-corrected chi connectivity index (χ3v) is 4.68.